The van der Waals surface area contributed by atoms with Gasteiger partial charge < -0.3 is 4.90 Å². The molecule has 8 heteroatoms. The second kappa shape index (κ2) is 9.18. The van der Waals surface area contributed by atoms with Crippen LogP contribution in [0.3, 0.4) is 0 Å². The van der Waals surface area contributed by atoms with E-state index in [1.54, 1.807) is 24.3 Å². The van der Waals surface area contributed by atoms with Gasteiger partial charge in [0.15, 0.2) is 5.16 Å². The van der Waals surface area contributed by atoms with E-state index in [0.29, 0.717) is 10.9 Å². The number of nitrogens with zero attached hydrogens (tertiary/aromatic N) is 3. The lowest BCUT2D eigenvalue weighted by atomic mass is 10.0. The number of piperidine rings is 1. The molecule has 1 fully saturated rings. The van der Waals surface area contributed by atoms with Crippen LogP contribution >= 0.6 is 11.8 Å². The fraction of sp³-hybridized carbons (Fsp3) is 0.348. The molecule has 0 saturated carbocycles. The molecular formula is C23H23F2N3O2S. The lowest BCUT2D eigenvalue weighted by molar-refractivity contribution is -0.132. The van der Waals surface area contributed by atoms with E-state index in [9.17, 15) is 18.4 Å². The predicted octanol–water partition coefficient (Wildman–Crippen LogP) is 4.55. The first-order chi connectivity index (χ1) is 15.0. The van der Waals surface area contributed by atoms with Crippen molar-refractivity contribution in [3.05, 3.63) is 64.5 Å². The number of rotatable bonds is 5. The van der Waals surface area contributed by atoms with Crippen LogP contribution in [0.25, 0.3) is 16.6 Å². The Morgan fingerprint density at radius 2 is 2.00 bits per heavy atom. The van der Waals surface area contributed by atoms with Gasteiger partial charge in [-0.25, -0.2) is 13.8 Å². The van der Waals surface area contributed by atoms with Crippen molar-refractivity contribution >= 4 is 28.6 Å². The van der Waals surface area contributed by atoms with Crippen LogP contribution in [-0.2, 0) is 4.79 Å². The molecule has 0 unspecified atom stereocenters. The third-order valence-corrected chi connectivity index (χ3v) is 6.56. The maximum Gasteiger partial charge on any atom is 0.266 e. The van der Waals surface area contributed by atoms with E-state index in [4.69, 9.17) is 0 Å². The molecule has 31 heavy (non-hydrogen) atoms. The minimum absolute atomic E-state index is 0.0231. The highest BCUT2D eigenvalue weighted by atomic mass is 32.2. The van der Waals surface area contributed by atoms with Gasteiger partial charge in [-0.05, 0) is 49.9 Å². The quantitative estimate of drug-likeness (QED) is 0.429. The maximum atomic E-state index is 14.6. The number of fused-ring (bicyclic) bond motifs is 1. The van der Waals surface area contributed by atoms with Crippen molar-refractivity contribution in [3.63, 3.8) is 0 Å². The van der Waals surface area contributed by atoms with Crippen molar-refractivity contribution in [1.29, 1.82) is 0 Å². The molecule has 0 spiro atoms. The topological polar surface area (TPSA) is 55.2 Å². The van der Waals surface area contributed by atoms with Gasteiger partial charge in [-0.1, -0.05) is 30.8 Å². The highest BCUT2D eigenvalue weighted by Gasteiger charge is 2.26. The van der Waals surface area contributed by atoms with Crippen molar-refractivity contribution < 1.29 is 13.6 Å². The molecule has 0 aliphatic carbocycles. The summed E-state index contributed by atoms with van der Waals surface area (Å²) in [6.07, 6.45) is 3.99. The van der Waals surface area contributed by atoms with Gasteiger partial charge in [0, 0.05) is 18.7 Å². The smallest absolute Gasteiger partial charge is 0.266 e. The van der Waals surface area contributed by atoms with Crippen LogP contribution in [0.5, 0.6) is 0 Å². The van der Waals surface area contributed by atoms with Gasteiger partial charge in [0.05, 0.1) is 22.3 Å². The van der Waals surface area contributed by atoms with E-state index < -0.39 is 17.2 Å². The number of amides is 1. The second-order valence-electron chi connectivity index (χ2n) is 7.58. The Hall–Kier alpha value is -2.74. The normalized spacial score (nSPS) is 16.6. The molecule has 1 saturated heterocycles. The molecule has 1 amide bonds. The third kappa shape index (κ3) is 4.35. The van der Waals surface area contributed by atoms with Crippen LogP contribution in [0.15, 0.2) is 52.4 Å². The average Bonchev–Trinajstić information content (AvgIpc) is 2.78. The van der Waals surface area contributed by atoms with Gasteiger partial charge in [-0.15, -0.1) is 0 Å². The number of benzene rings is 2. The summed E-state index contributed by atoms with van der Waals surface area (Å²) in [6, 6.07) is 10.0. The zero-order chi connectivity index (χ0) is 22.0. The van der Waals surface area contributed by atoms with E-state index in [-0.39, 0.29) is 28.5 Å². The molecule has 1 aromatic heterocycles. The Morgan fingerprint density at radius 1 is 1.19 bits per heavy atom. The summed E-state index contributed by atoms with van der Waals surface area (Å²) in [5, 5.41) is 0.525. The highest BCUT2D eigenvalue weighted by molar-refractivity contribution is 7.99. The minimum Gasteiger partial charge on any atom is -0.339 e. The highest BCUT2D eigenvalue weighted by Crippen LogP contribution is 2.25. The first-order valence-corrected chi connectivity index (χ1v) is 11.4. The number of hydrogen-bond donors (Lipinski definition) is 0. The standard InChI is InChI=1S/C23H23F2N3O2S/c1-2-16-7-5-6-12-27(16)21(29)14-31-23-26-19-9-4-3-8-17(19)22(30)28(23)20-11-10-15(24)13-18(20)25/h3-4,8-11,13,16H,2,5-7,12,14H2,1H3/t16-/m1/s1. The van der Waals surface area contributed by atoms with Crippen LogP contribution in [-0.4, -0.2) is 38.7 Å². The molecule has 1 aliphatic heterocycles. The second-order valence-corrected chi connectivity index (χ2v) is 8.52. The number of para-hydroxylation sites is 1. The zero-order valence-corrected chi connectivity index (χ0v) is 18.0. The summed E-state index contributed by atoms with van der Waals surface area (Å²) >= 11 is 1.10. The molecule has 3 aromatic rings. The monoisotopic (exact) mass is 443 g/mol. The number of carbonyl (C=O) groups is 1. The van der Waals surface area contributed by atoms with Crippen molar-refractivity contribution in [3.8, 4) is 5.69 Å². The summed E-state index contributed by atoms with van der Waals surface area (Å²) in [4.78, 5) is 32.5. The van der Waals surface area contributed by atoms with Crippen molar-refractivity contribution in [2.45, 2.75) is 43.8 Å². The van der Waals surface area contributed by atoms with E-state index in [2.05, 4.69) is 11.9 Å². The molecule has 2 heterocycles. The molecule has 162 valence electrons. The Labute approximate surface area is 183 Å². The van der Waals surface area contributed by atoms with Crippen molar-refractivity contribution in [2.24, 2.45) is 0 Å². The first-order valence-electron chi connectivity index (χ1n) is 10.4. The number of thioether (sulfide) groups is 1. The van der Waals surface area contributed by atoms with Crippen LogP contribution in [0, 0.1) is 11.6 Å². The molecule has 4 rings (SSSR count). The molecule has 0 bridgehead atoms. The Balaban J connectivity index is 1.72. The molecule has 0 radical (unpaired) electrons. The molecule has 2 aromatic carbocycles. The Morgan fingerprint density at radius 3 is 2.77 bits per heavy atom. The zero-order valence-electron chi connectivity index (χ0n) is 17.2. The summed E-state index contributed by atoms with van der Waals surface area (Å²) in [5.41, 5.74) is -0.0925. The lowest BCUT2D eigenvalue weighted by Crippen LogP contribution is -2.44. The predicted molar refractivity (Wildman–Crippen MR) is 118 cm³/mol. The van der Waals surface area contributed by atoms with Crippen molar-refractivity contribution in [2.75, 3.05) is 12.3 Å². The van der Waals surface area contributed by atoms with Crippen molar-refractivity contribution in [1.82, 2.24) is 14.5 Å². The molecular weight excluding hydrogens is 420 g/mol. The number of carbonyl (C=O) groups excluding carboxylic acids is 1. The number of likely N-dealkylation sites (tertiary alicyclic amines) is 1. The maximum absolute atomic E-state index is 14.6. The molecule has 1 aliphatic rings. The van der Waals surface area contributed by atoms with E-state index >= 15 is 0 Å². The fourth-order valence-electron chi connectivity index (χ4n) is 4.05. The summed E-state index contributed by atoms with van der Waals surface area (Å²) in [5.74, 6) is -1.54. The SMILES string of the molecule is CC[C@@H]1CCCCN1C(=O)CSc1nc2ccccc2c(=O)n1-c1ccc(F)cc1F. The molecule has 5 nitrogen and oxygen atoms in total. The lowest BCUT2D eigenvalue weighted by Gasteiger charge is -2.35. The third-order valence-electron chi connectivity index (χ3n) is 5.64. The van der Waals surface area contributed by atoms with Gasteiger partial charge in [-0.3, -0.25) is 14.2 Å². The molecule has 0 N–H and O–H groups in total. The van der Waals surface area contributed by atoms with Gasteiger partial charge in [-0.2, -0.15) is 0 Å². The minimum atomic E-state index is -0.866. The molecule has 1 atom stereocenters. The summed E-state index contributed by atoms with van der Waals surface area (Å²) < 4.78 is 29.1. The van der Waals surface area contributed by atoms with E-state index in [1.165, 1.54) is 6.07 Å². The summed E-state index contributed by atoms with van der Waals surface area (Å²) in [6.45, 7) is 2.80. The van der Waals surface area contributed by atoms with Gasteiger partial charge >= 0.3 is 0 Å². The van der Waals surface area contributed by atoms with Crippen LogP contribution < -0.4 is 5.56 Å². The number of halogens is 2. The number of hydrogen-bond acceptors (Lipinski definition) is 4. The van der Waals surface area contributed by atoms with Gasteiger partial charge in [0.25, 0.3) is 5.56 Å². The number of aromatic nitrogens is 2. The van der Waals surface area contributed by atoms with E-state index in [0.717, 1.165) is 60.7 Å². The largest absolute Gasteiger partial charge is 0.339 e. The van der Waals surface area contributed by atoms with Crippen LogP contribution in [0.2, 0.25) is 0 Å². The Bertz CT molecular complexity index is 1180. The Kier molecular flexibility index (Phi) is 6.36. The average molecular weight is 444 g/mol. The fourth-order valence-corrected chi connectivity index (χ4v) is 4.94. The van der Waals surface area contributed by atoms with Gasteiger partial charge in [0.1, 0.15) is 11.6 Å². The van der Waals surface area contributed by atoms with Crippen LogP contribution in [0.4, 0.5) is 8.78 Å². The van der Waals surface area contributed by atoms with Crippen LogP contribution in [0.1, 0.15) is 32.6 Å². The first kappa shape index (κ1) is 21.5. The summed E-state index contributed by atoms with van der Waals surface area (Å²) in [7, 11) is 0. The van der Waals surface area contributed by atoms with Gasteiger partial charge in [0.2, 0.25) is 5.91 Å². The van der Waals surface area contributed by atoms with E-state index in [1.807, 2.05) is 4.90 Å².